The zero-order valence-electron chi connectivity index (χ0n) is 8.40. The van der Waals surface area contributed by atoms with Gasteiger partial charge in [-0.3, -0.25) is 0 Å². The first-order valence-corrected chi connectivity index (χ1v) is 5.22. The third-order valence-corrected chi connectivity index (χ3v) is 3.88. The highest BCUT2D eigenvalue weighted by Crippen LogP contribution is 2.07. The van der Waals surface area contributed by atoms with E-state index in [9.17, 15) is 0 Å². The van der Waals surface area contributed by atoms with E-state index in [2.05, 4.69) is 20.4 Å². The zero-order chi connectivity index (χ0) is 10.0. The van der Waals surface area contributed by atoms with Gasteiger partial charge in [0.05, 0.1) is 0 Å². The maximum atomic E-state index is 7.20. The van der Waals surface area contributed by atoms with Gasteiger partial charge in [0.25, 0.3) is 0 Å². The molecule has 13 heavy (non-hydrogen) atoms. The molecule has 0 saturated heterocycles. The lowest BCUT2D eigenvalue weighted by Gasteiger charge is -1.88. The summed E-state index contributed by atoms with van der Waals surface area (Å²) >= 11 is 1.77. The summed E-state index contributed by atoms with van der Waals surface area (Å²) in [5.74, 6) is 0. The smallest absolute Gasteiger partial charge is 0.0386 e. The van der Waals surface area contributed by atoms with Crippen LogP contribution in [-0.2, 0) is 6.42 Å². The van der Waals surface area contributed by atoms with E-state index < -0.39 is 0 Å². The molecule has 0 amide bonds. The molecule has 1 nitrogen and oxygen atoms in total. The predicted molar refractivity (Wildman–Crippen MR) is 61.1 cm³/mol. The minimum absolute atomic E-state index is 1.01. The van der Waals surface area contributed by atoms with Gasteiger partial charge in [0.2, 0.25) is 0 Å². The van der Waals surface area contributed by atoms with Crippen molar-refractivity contribution in [1.82, 2.24) is 0 Å². The van der Waals surface area contributed by atoms with Crippen LogP contribution in [0.15, 0.2) is 0 Å². The zero-order valence-corrected chi connectivity index (χ0v) is 9.22. The molecule has 0 bridgehead atoms. The molecule has 2 heteroatoms. The monoisotopic (exact) mass is 193 g/mol. The maximum Gasteiger partial charge on any atom is 0.0386 e. The van der Waals surface area contributed by atoms with Gasteiger partial charge in [0, 0.05) is 15.6 Å². The van der Waals surface area contributed by atoms with Gasteiger partial charge in [-0.2, -0.15) is 0 Å². The van der Waals surface area contributed by atoms with E-state index in [1.54, 1.807) is 11.3 Å². The van der Waals surface area contributed by atoms with Crippen LogP contribution in [0.2, 0.25) is 0 Å². The molecule has 0 unspecified atom stereocenters. The van der Waals surface area contributed by atoms with Crippen LogP contribution >= 0.6 is 11.3 Å². The summed E-state index contributed by atoms with van der Waals surface area (Å²) in [4.78, 5) is 1.39. The Kier molecular flexibility index (Phi) is 3.04. The Morgan fingerprint density at radius 1 is 1.62 bits per heavy atom. The van der Waals surface area contributed by atoms with E-state index in [1.165, 1.54) is 21.2 Å². The van der Waals surface area contributed by atoms with Gasteiger partial charge in [-0.25, -0.2) is 0 Å². The Balaban J connectivity index is 3.60. The minimum Gasteiger partial charge on any atom is -0.308 e. The Morgan fingerprint density at radius 3 is 2.62 bits per heavy atom. The highest BCUT2D eigenvalue weighted by atomic mass is 32.1. The number of aryl methyl sites for hydroxylation is 1. The van der Waals surface area contributed by atoms with E-state index in [-0.39, 0.29) is 0 Å². The minimum atomic E-state index is 1.01. The van der Waals surface area contributed by atoms with E-state index in [0.29, 0.717) is 0 Å². The lowest BCUT2D eigenvalue weighted by molar-refractivity contribution is 1.15. The maximum absolute atomic E-state index is 7.20. The third-order valence-electron chi connectivity index (χ3n) is 2.27. The molecule has 0 aromatic carbocycles. The van der Waals surface area contributed by atoms with Gasteiger partial charge in [-0.1, -0.05) is 13.5 Å². The predicted octanol–water partition coefficient (Wildman–Crippen LogP) is 1.85. The van der Waals surface area contributed by atoms with Gasteiger partial charge in [0.1, 0.15) is 0 Å². The average Bonchev–Trinajstić information content (AvgIpc) is 2.43. The van der Waals surface area contributed by atoms with Gasteiger partial charge < -0.3 is 5.41 Å². The first-order valence-electron chi connectivity index (χ1n) is 4.40. The van der Waals surface area contributed by atoms with Gasteiger partial charge in [-0.15, -0.1) is 11.3 Å². The lowest BCUT2D eigenvalue weighted by atomic mass is 10.2. The number of nitrogens with one attached hydrogen (secondary N) is 1. The normalized spacial score (nSPS) is 12.8. The highest BCUT2D eigenvalue weighted by Gasteiger charge is 2.02. The SMILES string of the molecule is C=c1c(C)c(CC)s/c1=C(\C)C=N. The number of thiophene rings is 1. The molecule has 0 radical (unpaired) electrons. The molecule has 1 heterocycles. The van der Waals surface area contributed by atoms with E-state index in [1.807, 2.05) is 6.92 Å². The van der Waals surface area contributed by atoms with Crippen LogP contribution in [0.3, 0.4) is 0 Å². The van der Waals surface area contributed by atoms with E-state index >= 15 is 0 Å². The topological polar surface area (TPSA) is 23.9 Å². The Bertz CT molecular complexity index is 426. The number of hydrogen-bond acceptors (Lipinski definition) is 2. The molecule has 1 aromatic heterocycles. The molecule has 0 aliphatic heterocycles. The molecule has 1 N–H and O–H groups in total. The van der Waals surface area contributed by atoms with Crippen molar-refractivity contribution in [2.45, 2.75) is 27.2 Å². The average molecular weight is 193 g/mol. The molecule has 0 aliphatic rings. The molecule has 1 aromatic rings. The molecular formula is C11H15NS. The summed E-state index contributed by atoms with van der Waals surface area (Å²) in [5, 5.41) is 8.30. The van der Waals surface area contributed by atoms with Crippen molar-refractivity contribution in [1.29, 1.82) is 5.41 Å². The molecule has 1 rings (SSSR count). The second-order valence-electron chi connectivity index (χ2n) is 3.14. The van der Waals surface area contributed by atoms with E-state index in [4.69, 9.17) is 5.41 Å². The van der Waals surface area contributed by atoms with Crippen molar-refractivity contribution in [3.63, 3.8) is 0 Å². The first kappa shape index (κ1) is 10.2. The van der Waals surface area contributed by atoms with Crippen LogP contribution in [0.4, 0.5) is 0 Å². The van der Waals surface area contributed by atoms with Crippen LogP contribution in [0, 0.1) is 12.3 Å². The van der Waals surface area contributed by atoms with Crippen molar-refractivity contribution >= 4 is 29.7 Å². The van der Waals surface area contributed by atoms with Gasteiger partial charge in [-0.05, 0) is 36.6 Å². The van der Waals surface area contributed by atoms with Gasteiger partial charge in [0.15, 0.2) is 0 Å². The second kappa shape index (κ2) is 3.88. The highest BCUT2D eigenvalue weighted by molar-refractivity contribution is 7.10. The summed E-state index contributed by atoms with van der Waals surface area (Å²) < 4.78 is 1.17. The van der Waals surface area contributed by atoms with Crippen LogP contribution in [0.25, 0.3) is 12.2 Å². The van der Waals surface area contributed by atoms with Crippen molar-refractivity contribution in [3.05, 3.63) is 20.2 Å². The second-order valence-corrected chi connectivity index (χ2v) is 4.24. The Morgan fingerprint density at radius 2 is 2.23 bits per heavy atom. The van der Waals surface area contributed by atoms with Crippen LogP contribution in [0.5, 0.6) is 0 Å². The molecule has 0 atom stereocenters. The van der Waals surface area contributed by atoms with E-state index in [0.717, 1.165) is 17.2 Å². The molecule has 0 fully saturated rings. The van der Waals surface area contributed by atoms with Gasteiger partial charge >= 0.3 is 0 Å². The third kappa shape index (κ3) is 1.73. The summed E-state index contributed by atoms with van der Waals surface area (Å²) in [7, 11) is 0. The van der Waals surface area contributed by atoms with Crippen LogP contribution in [0.1, 0.15) is 24.3 Å². The Hall–Kier alpha value is -0.890. The number of rotatable bonds is 2. The molecule has 0 spiro atoms. The van der Waals surface area contributed by atoms with Crippen molar-refractivity contribution in [3.8, 4) is 0 Å². The van der Waals surface area contributed by atoms with Crippen molar-refractivity contribution < 1.29 is 0 Å². The fourth-order valence-electron chi connectivity index (χ4n) is 1.32. The van der Waals surface area contributed by atoms with Crippen LogP contribution < -0.4 is 9.75 Å². The standard InChI is InChI=1S/C11H15NS/c1-5-10-8(3)9(4)11(13-10)7(2)6-12/h6,12H,4-5H2,1-3H3/b11-7+,12-6?. The summed E-state index contributed by atoms with van der Waals surface area (Å²) in [5.41, 5.74) is 2.31. The van der Waals surface area contributed by atoms with Crippen molar-refractivity contribution in [2.24, 2.45) is 0 Å². The fourth-order valence-corrected chi connectivity index (χ4v) is 2.48. The van der Waals surface area contributed by atoms with Crippen molar-refractivity contribution in [2.75, 3.05) is 0 Å². The molecule has 0 saturated carbocycles. The summed E-state index contributed by atoms with van der Waals surface area (Å²) in [6.07, 6.45) is 2.46. The molecule has 0 aliphatic carbocycles. The fraction of sp³-hybridized carbons (Fsp3) is 0.364. The van der Waals surface area contributed by atoms with Crippen LogP contribution in [-0.4, -0.2) is 6.21 Å². The largest absolute Gasteiger partial charge is 0.308 e. The quantitative estimate of drug-likeness (QED) is 0.693. The lowest BCUT2D eigenvalue weighted by Crippen LogP contribution is -2.20. The summed E-state index contributed by atoms with van der Waals surface area (Å²) in [6, 6.07) is 0. The molecular weight excluding hydrogens is 178 g/mol. The number of hydrogen-bond donors (Lipinski definition) is 1. The molecule has 70 valence electrons. The summed E-state index contributed by atoms with van der Waals surface area (Å²) in [6.45, 7) is 10.3. The Labute approximate surface area is 82.9 Å². The first-order chi connectivity index (χ1) is 6.11.